The number of hydrogen-bond acceptors (Lipinski definition) is 5. The maximum Gasteiger partial charge on any atom is 0.229 e. The van der Waals surface area contributed by atoms with Gasteiger partial charge in [-0.2, -0.15) is 5.10 Å². The van der Waals surface area contributed by atoms with Gasteiger partial charge in [0.1, 0.15) is 12.1 Å². The summed E-state index contributed by atoms with van der Waals surface area (Å²) < 4.78 is 1.84. The maximum absolute atomic E-state index is 13.0. The van der Waals surface area contributed by atoms with E-state index in [4.69, 9.17) is 0 Å². The van der Waals surface area contributed by atoms with E-state index in [9.17, 15) is 4.79 Å². The largest absolute Gasteiger partial charge is 0.355 e. The van der Waals surface area contributed by atoms with Gasteiger partial charge in [0, 0.05) is 37.9 Å². The first-order valence-corrected chi connectivity index (χ1v) is 11.5. The molecule has 4 heterocycles. The van der Waals surface area contributed by atoms with Crippen LogP contribution in [0.4, 0.5) is 5.82 Å². The first-order valence-electron chi connectivity index (χ1n) is 11.5. The lowest BCUT2D eigenvalue weighted by molar-refractivity contribution is -0.137. The molecule has 0 N–H and O–H groups in total. The van der Waals surface area contributed by atoms with Crippen molar-refractivity contribution < 1.29 is 4.79 Å². The Morgan fingerprint density at radius 3 is 2.41 bits per heavy atom. The molecule has 0 aliphatic carbocycles. The third kappa shape index (κ3) is 4.24. The zero-order valence-corrected chi connectivity index (χ0v) is 18.8. The van der Waals surface area contributed by atoms with Gasteiger partial charge >= 0.3 is 0 Å². The average molecular weight is 431 g/mol. The normalized spacial score (nSPS) is 17.4. The van der Waals surface area contributed by atoms with E-state index in [1.165, 1.54) is 5.56 Å². The number of anilines is 1. The highest BCUT2D eigenvalue weighted by Crippen LogP contribution is 2.28. The minimum atomic E-state index is 0.0628. The molecule has 7 heteroatoms. The van der Waals surface area contributed by atoms with Gasteiger partial charge in [0.2, 0.25) is 5.91 Å². The SMILES string of the molecule is Cc1cc(C)n(-c2cc(N3CC(C(=O)N4CCC(Cc5ccccc5)CC4)C3)ncn2)n1. The van der Waals surface area contributed by atoms with E-state index < -0.39 is 0 Å². The van der Waals surface area contributed by atoms with Crippen LogP contribution in [0, 0.1) is 25.7 Å². The molecule has 0 saturated carbocycles. The number of piperidine rings is 1. The van der Waals surface area contributed by atoms with Crippen LogP contribution in [-0.4, -0.2) is 56.7 Å². The molecule has 0 spiro atoms. The van der Waals surface area contributed by atoms with Gasteiger partial charge in [-0.3, -0.25) is 4.79 Å². The molecule has 32 heavy (non-hydrogen) atoms. The molecule has 1 amide bonds. The summed E-state index contributed by atoms with van der Waals surface area (Å²) in [6.07, 6.45) is 4.88. The number of benzene rings is 1. The highest BCUT2D eigenvalue weighted by atomic mass is 16.2. The van der Waals surface area contributed by atoms with Gasteiger partial charge in [-0.1, -0.05) is 30.3 Å². The summed E-state index contributed by atoms with van der Waals surface area (Å²) in [5.41, 5.74) is 3.40. The number of likely N-dealkylation sites (tertiary alicyclic amines) is 1. The summed E-state index contributed by atoms with van der Waals surface area (Å²) in [5, 5.41) is 4.51. The Balaban J connectivity index is 1.14. The Bertz CT molecular complexity index is 1080. The lowest BCUT2D eigenvalue weighted by Gasteiger charge is -2.42. The Hall–Kier alpha value is -3.22. The number of amides is 1. The molecule has 5 rings (SSSR count). The number of nitrogens with zero attached hydrogens (tertiary/aromatic N) is 6. The highest BCUT2D eigenvalue weighted by molar-refractivity contribution is 5.82. The Morgan fingerprint density at radius 1 is 1.00 bits per heavy atom. The van der Waals surface area contributed by atoms with Crippen molar-refractivity contribution in [3.63, 3.8) is 0 Å². The van der Waals surface area contributed by atoms with Gasteiger partial charge < -0.3 is 9.80 Å². The maximum atomic E-state index is 13.0. The van der Waals surface area contributed by atoms with Crippen LogP contribution in [0.5, 0.6) is 0 Å². The number of carbonyl (C=O) groups excluding carboxylic acids is 1. The van der Waals surface area contributed by atoms with Crippen LogP contribution in [0.25, 0.3) is 5.82 Å². The third-order valence-corrected chi connectivity index (χ3v) is 6.71. The molecular weight excluding hydrogens is 400 g/mol. The number of aromatic nitrogens is 4. The molecule has 2 aliphatic heterocycles. The van der Waals surface area contributed by atoms with Gasteiger partial charge in [0.05, 0.1) is 11.6 Å². The summed E-state index contributed by atoms with van der Waals surface area (Å²) >= 11 is 0. The summed E-state index contributed by atoms with van der Waals surface area (Å²) in [5.74, 6) is 2.65. The van der Waals surface area contributed by atoms with Crippen molar-refractivity contribution in [2.24, 2.45) is 11.8 Å². The van der Waals surface area contributed by atoms with Gasteiger partial charge in [-0.15, -0.1) is 0 Å². The third-order valence-electron chi connectivity index (χ3n) is 6.71. The van der Waals surface area contributed by atoms with Gasteiger partial charge in [-0.25, -0.2) is 14.6 Å². The van der Waals surface area contributed by atoms with Crippen molar-refractivity contribution in [1.29, 1.82) is 0 Å². The molecule has 3 aromatic rings. The Kier molecular flexibility index (Phi) is 5.64. The lowest BCUT2D eigenvalue weighted by Crippen LogP contribution is -2.56. The Morgan fingerprint density at radius 2 is 1.72 bits per heavy atom. The van der Waals surface area contributed by atoms with E-state index >= 15 is 0 Å². The van der Waals surface area contributed by atoms with Crippen molar-refractivity contribution in [3.05, 3.63) is 65.7 Å². The van der Waals surface area contributed by atoms with Crippen LogP contribution in [0.2, 0.25) is 0 Å². The molecule has 2 aromatic heterocycles. The predicted octanol–water partition coefficient (Wildman–Crippen LogP) is 3.20. The topological polar surface area (TPSA) is 67.2 Å². The second kappa shape index (κ2) is 8.73. The highest BCUT2D eigenvalue weighted by Gasteiger charge is 2.37. The summed E-state index contributed by atoms with van der Waals surface area (Å²) in [7, 11) is 0. The van der Waals surface area contributed by atoms with E-state index in [-0.39, 0.29) is 5.92 Å². The molecule has 2 fully saturated rings. The summed E-state index contributed by atoms with van der Waals surface area (Å²) in [6, 6.07) is 14.7. The van der Waals surface area contributed by atoms with Crippen LogP contribution in [-0.2, 0) is 11.2 Å². The zero-order chi connectivity index (χ0) is 22.1. The number of rotatable bonds is 5. The monoisotopic (exact) mass is 430 g/mol. The molecule has 1 aromatic carbocycles. The standard InChI is InChI=1S/C25H30N6O/c1-18-12-19(2)31(28-18)24-14-23(26-17-27-24)30-15-22(16-30)25(32)29-10-8-21(9-11-29)13-20-6-4-3-5-7-20/h3-7,12,14,17,21-22H,8-11,13,15-16H2,1-2H3. The molecule has 166 valence electrons. The number of carbonyl (C=O) groups is 1. The van der Waals surface area contributed by atoms with Crippen LogP contribution in [0.1, 0.15) is 29.8 Å². The summed E-state index contributed by atoms with van der Waals surface area (Å²) in [6.45, 7) is 7.18. The smallest absolute Gasteiger partial charge is 0.229 e. The van der Waals surface area contributed by atoms with Crippen molar-refractivity contribution >= 4 is 11.7 Å². The molecule has 2 aliphatic rings. The van der Waals surface area contributed by atoms with E-state index in [1.54, 1.807) is 6.33 Å². The molecule has 2 saturated heterocycles. The van der Waals surface area contributed by atoms with Gasteiger partial charge in [0.25, 0.3) is 0 Å². The zero-order valence-electron chi connectivity index (χ0n) is 18.8. The van der Waals surface area contributed by atoms with Crippen LogP contribution in [0.3, 0.4) is 0 Å². The fraction of sp³-hybridized carbons (Fsp3) is 0.440. The van der Waals surface area contributed by atoms with Gasteiger partial charge in [0.15, 0.2) is 5.82 Å². The van der Waals surface area contributed by atoms with E-state index in [2.05, 4.69) is 55.2 Å². The number of aryl methyl sites for hydroxylation is 2. The second-order valence-electron chi connectivity index (χ2n) is 9.13. The lowest BCUT2D eigenvalue weighted by atomic mass is 9.89. The van der Waals surface area contributed by atoms with E-state index in [0.29, 0.717) is 11.8 Å². The average Bonchev–Trinajstić information content (AvgIpc) is 3.12. The molecular formula is C25H30N6O. The fourth-order valence-corrected chi connectivity index (χ4v) is 4.87. The van der Waals surface area contributed by atoms with Crippen molar-refractivity contribution in [1.82, 2.24) is 24.6 Å². The quantitative estimate of drug-likeness (QED) is 0.622. The van der Waals surface area contributed by atoms with Crippen LogP contribution < -0.4 is 4.90 Å². The first kappa shape index (κ1) is 20.7. The Labute approximate surface area is 189 Å². The molecule has 0 radical (unpaired) electrons. The second-order valence-corrected chi connectivity index (χ2v) is 9.13. The van der Waals surface area contributed by atoms with Crippen molar-refractivity contribution in [2.75, 3.05) is 31.1 Å². The van der Waals surface area contributed by atoms with Crippen molar-refractivity contribution in [2.45, 2.75) is 33.1 Å². The predicted molar refractivity (Wildman–Crippen MR) is 124 cm³/mol. The van der Waals surface area contributed by atoms with Crippen molar-refractivity contribution in [3.8, 4) is 5.82 Å². The molecule has 0 bridgehead atoms. The van der Waals surface area contributed by atoms with Gasteiger partial charge in [-0.05, 0) is 50.7 Å². The van der Waals surface area contributed by atoms with Crippen LogP contribution >= 0.6 is 0 Å². The first-order chi connectivity index (χ1) is 15.6. The molecule has 7 nitrogen and oxygen atoms in total. The molecule has 0 unspecified atom stereocenters. The van der Waals surface area contributed by atoms with Crippen LogP contribution in [0.15, 0.2) is 48.8 Å². The fourth-order valence-electron chi connectivity index (χ4n) is 4.87. The minimum Gasteiger partial charge on any atom is -0.355 e. The van der Waals surface area contributed by atoms with E-state index in [1.807, 2.05) is 30.7 Å². The molecule has 0 atom stereocenters. The van der Waals surface area contributed by atoms with E-state index in [0.717, 1.165) is 68.5 Å². The minimum absolute atomic E-state index is 0.0628. The number of hydrogen-bond donors (Lipinski definition) is 0. The summed E-state index contributed by atoms with van der Waals surface area (Å²) in [4.78, 5) is 26.0.